The standard InChI is InChI=1S/C22H19ClN4O2S/c1-2-15-5-9-17(10-6-15)24-20(28)14-30-22-26-25-21(19-4-3-13-29-19)27(22)18-11-7-16(23)8-12-18/h3-13H,2,14H2,1H3,(H,24,28). The maximum absolute atomic E-state index is 12.4. The van der Waals surface area contributed by atoms with Crippen molar-refractivity contribution in [2.75, 3.05) is 11.1 Å². The van der Waals surface area contributed by atoms with Crippen LogP contribution in [0.1, 0.15) is 12.5 Å². The van der Waals surface area contributed by atoms with Gasteiger partial charge in [0, 0.05) is 16.4 Å². The Bertz CT molecular complexity index is 1120. The fourth-order valence-electron chi connectivity index (χ4n) is 2.90. The lowest BCUT2D eigenvalue weighted by Gasteiger charge is -2.10. The second kappa shape index (κ2) is 9.19. The van der Waals surface area contributed by atoms with Crippen LogP contribution < -0.4 is 5.32 Å². The average molecular weight is 439 g/mol. The number of aryl methyl sites for hydroxylation is 1. The maximum Gasteiger partial charge on any atom is 0.234 e. The van der Waals surface area contributed by atoms with E-state index >= 15 is 0 Å². The molecule has 1 amide bonds. The van der Waals surface area contributed by atoms with Crippen LogP contribution in [0, 0.1) is 0 Å². The van der Waals surface area contributed by atoms with Crippen molar-refractivity contribution in [1.29, 1.82) is 0 Å². The third-order valence-electron chi connectivity index (χ3n) is 4.44. The fraction of sp³-hybridized carbons (Fsp3) is 0.136. The molecule has 2 aromatic carbocycles. The number of benzene rings is 2. The van der Waals surface area contributed by atoms with E-state index < -0.39 is 0 Å². The Balaban J connectivity index is 1.53. The molecular formula is C22H19ClN4O2S. The molecule has 0 spiro atoms. The average Bonchev–Trinajstić information content (AvgIpc) is 3.43. The summed E-state index contributed by atoms with van der Waals surface area (Å²) in [5.74, 6) is 1.22. The Labute approximate surface area is 183 Å². The molecule has 152 valence electrons. The van der Waals surface area contributed by atoms with Crippen LogP contribution in [0.25, 0.3) is 17.3 Å². The topological polar surface area (TPSA) is 73.0 Å². The summed E-state index contributed by atoms with van der Waals surface area (Å²) in [6, 6.07) is 18.8. The Kier molecular flexibility index (Phi) is 6.21. The van der Waals surface area contributed by atoms with Crippen molar-refractivity contribution in [2.24, 2.45) is 0 Å². The van der Waals surface area contributed by atoms with Gasteiger partial charge in [-0.1, -0.05) is 42.4 Å². The lowest BCUT2D eigenvalue weighted by Crippen LogP contribution is -2.14. The number of thioether (sulfide) groups is 1. The first kappa shape index (κ1) is 20.3. The van der Waals surface area contributed by atoms with Crippen LogP contribution in [0.15, 0.2) is 76.5 Å². The lowest BCUT2D eigenvalue weighted by atomic mass is 10.1. The number of anilines is 1. The molecule has 0 radical (unpaired) electrons. The van der Waals surface area contributed by atoms with E-state index in [0.29, 0.717) is 21.8 Å². The summed E-state index contributed by atoms with van der Waals surface area (Å²) in [5, 5.41) is 12.7. The summed E-state index contributed by atoms with van der Waals surface area (Å²) in [7, 11) is 0. The zero-order valence-electron chi connectivity index (χ0n) is 16.2. The molecule has 0 aliphatic carbocycles. The van der Waals surface area contributed by atoms with Gasteiger partial charge in [0.25, 0.3) is 0 Å². The molecule has 1 N–H and O–H groups in total. The lowest BCUT2D eigenvalue weighted by molar-refractivity contribution is -0.113. The number of furan rings is 1. The Morgan fingerprint density at radius 1 is 1.10 bits per heavy atom. The van der Waals surface area contributed by atoms with E-state index in [4.69, 9.17) is 16.0 Å². The zero-order chi connectivity index (χ0) is 20.9. The Hall–Kier alpha value is -3.03. The van der Waals surface area contributed by atoms with Crippen LogP contribution >= 0.6 is 23.4 Å². The first-order chi connectivity index (χ1) is 14.6. The Morgan fingerprint density at radius 2 is 1.87 bits per heavy atom. The van der Waals surface area contributed by atoms with Crippen molar-refractivity contribution in [1.82, 2.24) is 14.8 Å². The molecule has 2 aromatic heterocycles. The maximum atomic E-state index is 12.4. The van der Waals surface area contributed by atoms with Crippen LogP contribution in [0.4, 0.5) is 5.69 Å². The number of carbonyl (C=O) groups excluding carboxylic acids is 1. The molecule has 0 saturated carbocycles. The van der Waals surface area contributed by atoms with E-state index in [1.54, 1.807) is 24.5 Å². The molecule has 8 heteroatoms. The van der Waals surface area contributed by atoms with E-state index in [0.717, 1.165) is 17.8 Å². The van der Waals surface area contributed by atoms with Crippen LogP contribution in [0.5, 0.6) is 0 Å². The van der Waals surface area contributed by atoms with E-state index in [9.17, 15) is 4.79 Å². The molecule has 0 aliphatic rings. The summed E-state index contributed by atoms with van der Waals surface area (Å²) < 4.78 is 7.35. The summed E-state index contributed by atoms with van der Waals surface area (Å²) in [6.45, 7) is 2.10. The molecule has 0 fully saturated rings. The fourth-order valence-corrected chi connectivity index (χ4v) is 3.78. The molecule has 0 saturated heterocycles. The van der Waals surface area contributed by atoms with E-state index in [2.05, 4.69) is 22.4 Å². The Morgan fingerprint density at radius 3 is 2.53 bits per heavy atom. The van der Waals surface area contributed by atoms with Gasteiger partial charge >= 0.3 is 0 Å². The molecular weight excluding hydrogens is 420 g/mol. The highest BCUT2D eigenvalue weighted by molar-refractivity contribution is 7.99. The minimum atomic E-state index is -0.116. The highest BCUT2D eigenvalue weighted by Gasteiger charge is 2.19. The number of amides is 1. The first-order valence-corrected chi connectivity index (χ1v) is 10.8. The smallest absolute Gasteiger partial charge is 0.234 e. The molecule has 0 aliphatic heterocycles. The van der Waals surface area contributed by atoms with Crippen molar-refractivity contribution in [2.45, 2.75) is 18.5 Å². The molecule has 0 bridgehead atoms. The van der Waals surface area contributed by atoms with Gasteiger partial charge in [0.15, 0.2) is 10.9 Å². The van der Waals surface area contributed by atoms with Gasteiger partial charge in [0.05, 0.1) is 12.0 Å². The van der Waals surface area contributed by atoms with Gasteiger partial charge in [-0.15, -0.1) is 10.2 Å². The van der Waals surface area contributed by atoms with Crippen molar-refractivity contribution in [3.05, 3.63) is 77.5 Å². The SMILES string of the molecule is CCc1ccc(NC(=O)CSc2nnc(-c3ccco3)n2-c2ccc(Cl)cc2)cc1. The van der Waals surface area contributed by atoms with Crippen LogP contribution in [0.2, 0.25) is 5.02 Å². The predicted octanol–water partition coefficient (Wildman–Crippen LogP) is 5.47. The van der Waals surface area contributed by atoms with Gasteiger partial charge < -0.3 is 9.73 Å². The van der Waals surface area contributed by atoms with Crippen molar-refractivity contribution in [3.63, 3.8) is 0 Å². The second-order valence-electron chi connectivity index (χ2n) is 6.48. The number of hydrogen-bond acceptors (Lipinski definition) is 5. The largest absolute Gasteiger partial charge is 0.461 e. The quantitative estimate of drug-likeness (QED) is 0.387. The molecule has 0 unspecified atom stereocenters. The number of aromatic nitrogens is 3. The van der Waals surface area contributed by atoms with Crippen LogP contribution in [-0.2, 0) is 11.2 Å². The highest BCUT2D eigenvalue weighted by Crippen LogP contribution is 2.29. The predicted molar refractivity (Wildman–Crippen MR) is 119 cm³/mol. The number of carbonyl (C=O) groups is 1. The number of rotatable bonds is 7. The molecule has 4 aromatic rings. The van der Waals surface area contributed by atoms with Gasteiger partial charge in [0.2, 0.25) is 11.7 Å². The monoisotopic (exact) mass is 438 g/mol. The van der Waals surface area contributed by atoms with Crippen LogP contribution in [-0.4, -0.2) is 26.4 Å². The zero-order valence-corrected chi connectivity index (χ0v) is 17.8. The van der Waals surface area contributed by atoms with Crippen molar-refractivity contribution in [3.8, 4) is 17.3 Å². The molecule has 6 nitrogen and oxygen atoms in total. The molecule has 4 rings (SSSR count). The second-order valence-corrected chi connectivity index (χ2v) is 7.86. The third-order valence-corrected chi connectivity index (χ3v) is 5.62. The van der Waals surface area contributed by atoms with Gasteiger partial charge in [-0.3, -0.25) is 9.36 Å². The van der Waals surface area contributed by atoms with E-state index in [-0.39, 0.29) is 11.7 Å². The number of hydrogen-bond donors (Lipinski definition) is 1. The van der Waals surface area contributed by atoms with Gasteiger partial charge in [-0.25, -0.2) is 0 Å². The minimum absolute atomic E-state index is 0.116. The minimum Gasteiger partial charge on any atom is -0.461 e. The van der Waals surface area contributed by atoms with Gasteiger partial charge in [-0.05, 0) is 60.5 Å². The summed E-state index contributed by atoms with van der Waals surface area (Å²) >= 11 is 7.34. The highest BCUT2D eigenvalue weighted by atomic mass is 35.5. The van der Waals surface area contributed by atoms with E-state index in [1.807, 2.05) is 47.0 Å². The molecule has 0 atom stereocenters. The molecule has 2 heterocycles. The number of nitrogens with zero attached hydrogens (tertiary/aromatic N) is 3. The van der Waals surface area contributed by atoms with Crippen molar-refractivity contribution >= 4 is 35.0 Å². The van der Waals surface area contributed by atoms with Crippen LogP contribution in [0.3, 0.4) is 0 Å². The molecule has 30 heavy (non-hydrogen) atoms. The third kappa shape index (κ3) is 4.58. The van der Waals surface area contributed by atoms with E-state index in [1.165, 1.54) is 17.3 Å². The summed E-state index contributed by atoms with van der Waals surface area (Å²) in [4.78, 5) is 12.4. The van der Waals surface area contributed by atoms with Gasteiger partial charge in [0.1, 0.15) is 0 Å². The summed E-state index contributed by atoms with van der Waals surface area (Å²) in [5.41, 5.74) is 2.83. The summed E-state index contributed by atoms with van der Waals surface area (Å²) in [6.07, 6.45) is 2.54. The van der Waals surface area contributed by atoms with Crippen molar-refractivity contribution < 1.29 is 9.21 Å². The van der Waals surface area contributed by atoms with Gasteiger partial charge in [-0.2, -0.15) is 0 Å². The normalized spacial score (nSPS) is 10.9. The first-order valence-electron chi connectivity index (χ1n) is 9.41. The number of nitrogens with one attached hydrogen (secondary N) is 1. The number of halogens is 1.